The molecule has 0 saturated carbocycles. The molecule has 1 heterocycles. The predicted octanol–water partition coefficient (Wildman–Crippen LogP) is 2.82. The maximum atomic E-state index is 5.95. The molecular weight excluding hydrogens is 242 g/mol. The van der Waals surface area contributed by atoms with Gasteiger partial charge in [-0.05, 0) is 42.8 Å². The first-order chi connectivity index (χ1) is 8.69. The molecule has 0 saturated heterocycles. The second-order valence-electron chi connectivity index (χ2n) is 4.22. The Morgan fingerprint density at radius 1 is 1.22 bits per heavy atom. The van der Waals surface area contributed by atoms with Gasteiger partial charge >= 0.3 is 0 Å². The topological polar surface area (TPSA) is 51.3 Å². The van der Waals surface area contributed by atoms with Crippen LogP contribution in [0.3, 0.4) is 0 Å². The molecule has 1 aliphatic carbocycles. The van der Waals surface area contributed by atoms with Gasteiger partial charge in [-0.15, -0.1) is 11.3 Å². The van der Waals surface area contributed by atoms with Crippen molar-refractivity contribution in [2.24, 2.45) is 4.99 Å². The van der Waals surface area contributed by atoms with Gasteiger partial charge in [-0.25, -0.2) is 4.98 Å². The van der Waals surface area contributed by atoms with Crippen LogP contribution in [0.2, 0.25) is 0 Å². The monoisotopic (exact) mass is 255 g/mol. The van der Waals surface area contributed by atoms with E-state index in [1.807, 2.05) is 31.2 Å². The van der Waals surface area contributed by atoms with Crippen molar-refractivity contribution >= 4 is 27.2 Å². The Balaban J connectivity index is 2.46. The Morgan fingerprint density at radius 3 is 2.83 bits per heavy atom. The van der Waals surface area contributed by atoms with E-state index in [0.29, 0.717) is 0 Å². The predicted molar refractivity (Wildman–Crippen MR) is 76.9 cm³/mol. The molecule has 4 heteroatoms. The summed E-state index contributed by atoms with van der Waals surface area (Å²) in [6.07, 6.45) is 0. The minimum atomic E-state index is 0.816. The summed E-state index contributed by atoms with van der Waals surface area (Å²) in [5, 5.41) is 0.974. The number of rotatable bonds is 0. The number of aryl methyl sites for hydroxylation is 1. The first-order valence-electron chi connectivity index (χ1n) is 5.71. The Labute approximate surface area is 109 Å². The third kappa shape index (κ3) is 1.66. The van der Waals surface area contributed by atoms with Crippen molar-refractivity contribution in [3.05, 3.63) is 41.3 Å². The van der Waals surface area contributed by atoms with Crippen LogP contribution in [-0.2, 0) is 0 Å². The van der Waals surface area contributed by atoms with E-state index in [1.54, 1.807) is 18.4 Å². The number of nitrogens with zero attached hydrogens (tertiary/aromatic N) is 2. The van der Waals surface area contributed by atoms with E-state index in [4.69, 9.17) is 5.73 Å². The molecule has 0 atom stereocenters. The van der Waals surface area contributed by atoms with Crippen LogP contribution in [-0.4, -0.2) is 12.0 Å². The Bertz CT molecular complexity index is 774. The number of anilines is 1. The SMILES string of the molecule is CN=c1ccc2nc3ccc(N)c(C)c3sc-2c1. The van der Waals surface area contributed by atoms with Crippen molar-refractivity contribution < 1.29 is 0 Å². The number of hydrogen-bond acceptors (Lipinski definition) is 4. The van der Waals surface area contributed by atoms with Crippen molar-refractivity contribution in [3.63, 3.8) is 0 Å². The van der Waals surface area contributed by atoms with E-state index < -0.39 is 0 Å². The third-order valence-corrected chi connectivity index (χ3v) is 4.35. The summed E-state index contributed by atoms with van der Waals surface area (Å²) < 4.78 is 1.15. The van der Waals surface area contributed by atoms with Crippen LogP contribution in [0.25, 0.3) is 20.8 Å². The lowest BCUT2D eigenvalue weighted by atomic mass is 10.2. The highest BCUT2D eigenvalue weighted by atomic mass is 32.1. The van der Waals surface area contributed by atoms with Crippen LogP contribution in [0.1, 0.15) is 5.56 Å². The number of aromatic nitrogens is 1. The fraction of sp³-hybridized carbons (Fsp3) is 0.143. The van der Waals surface area contributed by atoms with Crippen molar-refractivity contribution in [2.45, 2.75) is 6.92 Å². The number of fused-ring (bicyclic) bond motifs is 2. The molecule has 0 spiro atoms. The summed E-state index contributed by atoms with van der Waals surface area (Å²) in [6.45, 7) is 2.04. The molecule has 0 fully saturated rings. The van der Waals surface area contributed by atoms with Crippen molar-refractivity contribution in [2.75, 3.05) is 12.8 Å². The smallest absolute Gasteiger partial charge is 0.0814 e. The molecule has 3 rings (SSSR count). The average Bonchev–Trinajstić information content (AvgIpc) is 2.41. The van der Waals surface area contributed by atoms with Gasteiger partial charge in [0.2, 0.25) is 0 Å². The van der Waals surface area contributed by atoms with Crippen LogP contribution in [0, 0.1) is 6.92 Å². The summed E-state index contributed by atoms with van der Waals surface area (Å²) in [7, 11) is 1.80. The zero-order valence-electron chi connectivity index (χ0n) is 10.3. The van der Waals surface area contributed by atoms with E-state index in [2.05, 4.69) is 16.0 Å². The second kappa shape index (κ2) is 4.07. The number of hydrogen-bond donors (Lipinski definition) is 1. The van der Waals surface area contributed by atoms with Gasteiger partial charge in [0.05, 0.1) is 26.1 Å². The molecule has 1 aromatic carbocycles. The van der Waals surface area contributed by atoms with E-state index in [0.717, 1.165) is 37.4 Å². The molecule has 1 aromatic rings. The first kappa shape index (κ1) is 11.2. The Morgan fingerprint density at radius 2 is 2.06 bits per heavy atom. The summed E-state index contributed by atoms with van der Waals surface area (Å²) in [5.41, 5.74) is 9.87. The summed E-state index contributed by atoms with van der Waals surface area (Å²) in [6, 6.07) is 9.96. The van der Waals surface area contributed by atoms with Gasteiger partial charge in [0.25, 0.3) is 0 Å². The minimum Gasteiger partial charge on any atom is -0.398 e. The van der Waals surface area contributed by atoms with Crippen LogP contribution in [0.15, 0.2) is 35.3 Å². The normalized spacial score (nSPS) is 12.4. The lowest BCUT2D eigenvalue weighted by Crippen LogP contribution is -2.01. The minimum absolute atomic E-state index is 0.816. The molecule has 0 radical (unpaired) electrons. The second-order valence-corrected chi connectivity index (χ2v) is 5.27. The zero-order chi connectivity index (χ0) is 12.7. The molecule has 0 aromatic heterocycles. The maximum Gasteiger partial charge on any atom is 0.0814 e. The van der Waals surface area contributed by atoms with E-state index in [9.17, 15) is 0 Å². The van der Waals surface area contributed by atoms with Crippen LogP contribution >= 0.6 is 11.3 Å². The first-order valence-corrected chi connectivity index (χ1v) is 6.53. The van der Waals surface area contributed by atoms with Crippen molar-refractivity contribution in [1.82, 2.24) is 4.98 Å². The summed E-state index contributed by atoms with van der Waals surface area (Å²) in [4.78, 5) is 10.0. The summed E-state index contributed by atoms with van der Waals surface area (Å²) in [5.74, 6) is 0. The van der Waals surface area contributed by atoms with Gasteiger partial charge in [-0.2, -0.15) is 0 Å². The van der Waals surface area contributed by atoms with Gasteiger partial charge in [0.15, 0.2) is 0 Å². The van der Waals surface area contributed by atoms with Gasteiger partial charge in [0, 0.05) is 12.7 Å². The van der Waals surface area contributed by atoms with Crippen LogP contribution < -0.4 is 11.1 Å². The van der Waals surface area contributed by atoms with Crippen molar-refractivity contribution in [3.8, 4) is 10.6 Å². The molecule has 0 unspecified atom stereocenters. The van der Waals surface area contributed by atoms with Crippen LogP contribution in [0.5, 0.6) is 0 Å². The lowest BCUT2D eigenvalue weighted by molar-refractivity contribution is 1.26. The molecule has 2 aliphatic rings. The largest absolute Gasteiger partial charge is 0.398 e. The molecule has 3 nitrogen and oxygen atoms in total. The molecule has 90 valence electrons. The molecule has 1 aliphatic heterocycles. The molecule has 0 amide bonds. The number of nitrogens with two attached hydrogens (primary N) is 1. The van der Waals surface area contributed by atoms with Gasteiger partial charge in [0.1, 0.15) is 0 Å². The van der Waals surface area contributed by atoms with E-state index in [-0.39, 0.29) is 0 Å². The fourth-order valence-electron chi connectivity index (χ4n) is 1.97. The van der Waals surface area contributed by atoms with Gasteiger partial charge in [-0.3, -0.25) is 4.99 Å². The zero-order valence-corrected chi connectivity index (χ0v) is 11.1. The molecule has 0 bridgehead atoms. The Hall–Kier alpha value is -1.94. The maximum absolute atomic E-state index is 5.95. The average molecular weight is 255 g/mol. The van der Waals surface area contributed by atoms with E-state index >= 15 is 0 Å². The number of benzene rings is 2. The standard InChI is InChI=1S/C14H13N3S/c1-8-10(15)4-6-12-14(8)18-13-7-9(16-2)3-5-11(13)17-12/h3-7H,15H2,1-2H3. The number of nitrogen functional groups attached to an aromatic ring is 1. The van der Waals surface area contributed by atoms with Gasteiger partial charge in [-0.1, -0.05) is 0 Å². The van der Waals surface area contributed by atoms with Crippen LogP contribution in [0.4, 0.5) is 5.69 Å². The van der Waals surface area contributed by atoms with Gasteiger partial charge < -0.3 is 5.73 Å². The quantitative estimate of drug-likeness (QED) is 0.496. The molecular formula is C14H13N3S. The highest BCUT2D eigenvalue weighted by molar-refractivity contribution is 7.21. The lowest BCUT2D eigenvalue weighted by Gasteiger charge is -2.09. The van der Waals surface area contributed by atoms with E-state index in [1.165, 1.54) is 0 Å². The third-order valence-electron chi connectivity index (χ3n) is 3.08. The highest BCUT2D eigenvalue weighted by Gasteiger charge is 2.09. The van der Waals surface area contributed by atoms with Crippen molar-refractivity contribution in [1.29, 1.82) is 0 Å². The molecule has 18 heavy (non-hydrogen) atoms. The summed E-state index contributed by atoms with van der Waals surface area (Å²) >= 11 is 1.72. The fourth-order valence-corrected chi connectivity index (χ4v) is 3.07. The highest BCUT2D eigenvalue weighted by Crippen LogP contribution is 2.33. The Kier molecular flexibility index (Phi) is 2.52. The molecule has 2 N–H and O–H groups in total.